The monoisotopic (exact) mass is 464 g/mol. The number of nitrogens with zero attached hydrogens (tertiary/aromatic N) is 4. The fourth-order valence-electron chi connectivity index (χ4n) is 6.15. The summed E-state index contributed by atoms with van der Waals surface area (Å²) < 4.78 is 0. The summed E-state index contributed by atoms with van der Waals surface area (Å²) in [6.07, 6.45) is 0.486. The van der Waals surface area contributed by atoms with E-state index in [4.69, 9.17) is 4.84 Å². The Morgan fingerprint density at radius 3 is 2.65 bits per heavy atom. The van der Waals surface area contributed by atoms with E-state index in [1.807, 2.05) is 55.5 Å². The summed E-state index contributed by atoms with van der Waals surface area (Å²) >= 11 is 0. The first-order valence-corrected chi connectivity index (χ1v) is 11.8. The summed E-state index contributed by atoms with van der Waals surface area (Å²) in [5, 5.41) is 11.5. The molecule has 3 aliphatic heterocycles. The summed E-state index contributed by atoms with van der Waals surface area (Å²) in [7, 11) is 4.22. The van der Waals surface area contributed by atoms with Gasteiger partial charge in [0.25, 0.3) is 5.91 Å². The number of hydrogen-bond donors (Lipinski definition) is 1. The van der Waals surface area contributed by atoms with Crippen molar-refractivity contribution >= 4 is 23.4 Å². The van der Waals surface area contributed by atoms with Crippen molar-refractivity contribution < 1.29 is 19.5 Å². The van der Waals surface area contributed by atoms with E-state index in [9.17, 15) is 14.7 Å². The maximum atomic E-state index is 13.3. The first kappa shape index (κ1) is 22.7. The van der Waals surface area contributed by atoms with Gasteiger partial charge in [-0.25, -0.2) is 9.86 Å². The molecule has 0 radical (unpaired) electrons. The molecular formula is C26H32N4O4. The number of likely N-dealkylation sites (tertiary alicyclic amines) is 1. The number of likely N-dealkylation sites (N-methyl/N-ethyl adjacent to an activating group) is 2. The molecule has 4 atom stereocenters. The molecule has 2 amide bonds. The van der Waals surface area contributed by atoms with Gasteiger partial charge in [0.1, 0.15) is 12.6 Å². The number of amides is 2. The maximum absolute atomic E-state index is 13.3. The quantitative estimate of drug-likeness (QED) is 0.728. The van der Waals surface area contributed by atoms with Gasteiger partial charge >= 0.3 is 6.09 Å². The van der Waals surface area contributed by atoms with Gasteiger partial charge in [0.15, 0.2) is 0 Å². The molecule has 2 aromatic carbocycles. The molecule has 3 aliphatic rings. The molecule has 8 nitrogen and oxygen atoms in total. The van der Waals surface area contributed by atoms with Gasteiger partial charge in [0.2, 0.25) is 0 Å². The van der Waals surface area contributed by atoms with E-state index in [1.54, 1.807) is 0 Å². The molecule has 0 spiro atoms. The molecule has 34 heavy (non-hydrogen) atoms. The number of carboxylic acid groups (broad SMARTS) is 1. The number of rotatable bonds is 5. The summed E-state index contributed by atoms with van der Waals surface area (Å²) in [6, 6.07) is 14.4. The number of carbonyl (C=O) groups is 2. The van der Waals surface area contributed by atoms with Gasteiger partial charge in [0.05, 0.1) is 12.2 Å². The molecule has 0 bridgehead atoms. The lowest BCUT2D eigenvalue weighted by molar-refractivity contribution is -0.193. The molecule has 3 heterocycles. The minimum absolute atomic E-state index is 0.0865. The van der Waals surface area contributed by atoms with E-state index >= 15 is 0 Å². The number of hydrogen-bond acceptors (Lipinski definition) is 5. The van der Waals surface area contributed by atoms with Crippen molar-refractivity contribution in [2.75, 3.05) is 30.4 Å². The number of carbonyl (C=O) groups excluding carboxylic acids is 1. The molecule has 5 rings (SSSR count). The normalized spacial score (nSPS) is 28.4. The zero-order chi connectivity index (χ0) is 24.2. The van der Waals surface area contributed by atoms with Crippen LogP contribution in [-0.4, -0.2) is 66.0 Å². The molecule has 1 N–H and O–H groups in total. The molecule has 0 aromatic heterocycles. The molecule has 180 valence electrons. The van der Waals surface area contributed by atoms with Crippen molar-refractivity contribution in [3.05, 3.63) is 59.7 Å². The molecule has 2 saturated heterocycles. The molecule has 1 unspecified atom stereocenters. The van der Waals surface area contributed by atoms with Crippen molar-refractivity contribution in [2.45, 2.75) is 57.0 Å². The van der Waals surface area contributed by atoms with Crippen molar-refractivity contribution in [1.29, 1.82) is 0 Å². The highest BCUT2D eigenvalue weighted by molar-refractivity contribution is 5.98. The van der Waals surface area contributed by atoms with Gasteiger partial charge < -0.3 is 10.0 Å². The van der Waals surface area contributed by atoms with Gasteiger partial charge in [-0.1, -0.05) is 37.3 Å². The second kappa shape index (κ2) is 8.29. The zero-order valence-electron chi connectivity index (χ0n) is 20.1. The van der Waals surface area contributed by atoms with Crippen LogP contribution >= 0.6 is 0 Å². The van der Waals surface area contributed by atoms with Crippen LogP contribution in [0, 0.1) is 0 Å². The maximum Gasteiger partial charge on any atom is 0.412 e. The van der Waals surface area contributed by atoms with Crippen LogP contribution in [0.4, 0.5) is 16.2 Å². The predicted octanol–water partition coefficient (Wildman–Crippen LogP) is 3.66. The summed E-state index contributed by atoms with van der Waals surface area (Å²) in [6.45, 7) is 5.39. The highest BCUT2D eigenvalue weighted by Crippen LogP contribution is 2.52. The Morgan fingerprint density at radius 2 is 1.94 bits per heavy atom. The van der Waals surface area contributed by atoms with Crippen LogP contribution in [0.3, 0.4) is 0 Å². The molecule has 2 aromatic rings. The number of fused-ring (bicyclic) bond motifs is 3. The minimum atomic E-state index is -1.13. The lowest BCUT2D eigenvalue weighted by atomic mass is 9.81. The first-order chi connectivity index (χ1) is 16.2. The Balaban J connectivity index is 1.42. The van der Waals surface area contributed by atoms with Crippen molar-refractivity contribution in [3.63, 3.8) is 0 Å². The fraction of sp³-hybridized carbons (Fsp3) is 0.462. The van der Waals surface area contributed by atoms with Crippen LogP contribution in [0.25, 0.3) is 0 Å². The average Bonchev–Trinajstić information content (AvgIpc) is 3.35. The van der Waals surface area contributed by atoms with E-state index in [1.165, 1.54) is 9.96 Å². The second-order valence-corrected chi connectivity index (χ2v) is 10.0. The van der Waals surface area contributed by atoms with E-state index in [2.05, 4.69) is 30.8 Å². The first-order valence-electron chi connectivity index (χ1n) is 11.8. The SMILES string of the molecule is C[C@@H]1C[C@H](N(C(=O)O)c2ccc3c(c2)[C@]2(C)CCN(C)C2N3C)C(=O)N1OCc1ccccc1. The van der Waals surface area contributed by atoms with Crippen molar-refractivity contribution in [2.24, 2.45) is 0 Å². The molecule has 0 saturated carbocycles. The average molecular weight is 465 g/mol. The van der Waals surface area contributed by atoms with E-state index in [0.29, 0.717) is 12.1 Å². The third-order valence-corrected chi connectivity index (χ3v) is 7.79. The van der Waals surface area contributed by atoms with Crippen molar-refractivity contribution in [1.82, 2.24) is 9.96 Å². The lowest BCUT2D eigenvalue weighted by Crippen LogP contribution is -2.45. The molecule has 2 fully saturated rings. The number of anilines is 2. The molecular weight excluding hydrogens is 432 g/mol. The largest absolute Gasteiger partial charge is 0.465 e. The smallest absolute Gasteiger partial charge is 0.412 e. The topological polar surface area (TPSA) is 76.6 Å². The predicted molar refractivity (Wildman–Crippen MR) is 130 cm³/mol. The van der Waals surface area contributed by atoms with E-state index in [0.717, 1.165) is 29.8 Å². The van der Waals surface area contributed by atoms with Gasteiger partial charge in [-0.2, -0.15) is 0 Å². The third-order valence-electron chi connectivity index (χ3n) is 7.79. The lowest BCUT2D eigenvalue weighted by Gasteiger charge is -2.32. The standard InChI is InChI=1S/C26H32N4O4/c1-17-14-22(23(31)30(17)34-16-18-8-6-5-7-9-18)29(25(32)33)19-10-11-21-20(15-19)26(2)12-13-27(3)24(26)28(21)4/h5-11,15,17,22,24H,12-14,16H2,1-4H3,(H,32,33)/t17-,22+,24?,26+/m1/s1. The highest BCUT2D eigenvalue weighted by atomic mass is 16.7. The van der Waals surface area contributed by atoms with Crippen LogP contribution < -0.4 is 9.80 Å². The van der Waals surface area contributed by atoms with Crippen LogP contribution in [0.15, 0.2) is 48.5 Å². The Labute approximate surface area is 200 Å². The Morgan fingerprint density at radius 1 is 1.21 bits per heavy atom. The fourth-order valence-corrected chi connectivity index (χ4v) is 6.15. The van der Waals surface area contributed by atoms with Gasteiger partial charge in [-0.15, -0.1) is 0 Å². The number of benzene rings is 2. The Kier molecular flexibility index (Phi) is 5.53. The Bertz CT molecular complexity index is 1110. The summed E-state index contributed by atoms with van der Waals surface area (Å²) in [5.74, 6) is -0.326. The second-order valence-electron chi connectivity index (χ2n) is 10.0. The summed E-state index contributed by atoms with van der Waals surface area (Å²) in [4.78, 5) is 37.4. The van der Waals surface area contributed by atoms with Crippen LogP contribution in [0.5, 0.6) is 0 Å². The van der Waals surface area contributed by atoms with Gasteiger partial charge in [-0.3, -0.25) is 19.4 Å². The zero-order valence-corrected chi connectivity index (χ0v) is 20.1. The van der Waals surface area contributed by atoms with Crippen LogP contribution in [-0.2, 0) is 21.7 Å². The van der Waals surface area contributed by atoms with Gasteiger partial charge in [-0.05, 0) is 49.7 Å². The highest BCUT2D eigenvalue weighted by Gasteiger charge is 2.52. The minimum Gasteiger partial charge on any atom is -0.465 e. The summed E-state index contributed by atoms with van der Waals surface area (Å²) in [5.41, 5.74) is 3.66. The molecule has 8 heteroatoms. The number of hydroxylamine groups is 2. The third kappa shape index (κ3) is 3.44. The van der Waals surface area contributed by atoms with Crippen LogP contribution in [0.2, 0.25) is 0 Å². The Hall–Kier alpha value is -3.10. The molecule has 0 aliphatic carbocycles. The van der Waals surface area contributed by atoms with E-state index < -0.39 is 12.1 Å². The van der Waals surface area contributed by atoms with Crippen LogP contribution in [0.1, 0.15) is 37.8 Å². The van der Waals surface area contributed by atoms with Gasteiger partial charge in [0, 0.05) is 36.8 Å². The van der Waals surface area contributed by atoms with E-state index in [-0.39, 0.29) is 30.1 Å². The van der Waals surface area contributed by atoms with Crippen molar-refractivity contribution in [3.8, 4) is 0 Å².